The number of aromatic nitrogens is 2. The number of rotatable bonds is 1. The molecule has 1 aromatic carbocycles. The van der Waals surface area contributed by atoms with Crippen molar-refractivity contribution in [1.82, 2.24) is 10.2 Å². The lowest BCUT2D eigenvalue weighted by molar-refractivity contribution is 0.112. The third-order valence-electron chi connectivity index (χ3n) is 2.06. The van der Waals surface area contributed by atoms with Crippen LogP contribution >= 0.6 is 11.6 Å². The van der Waals surface area contributed by atoms with Gasteiger partial charge in [0, 0.05) is 10.4 Å². The minimum absolute atomic E-state index is 0.495. The molecule has 0 bridgehead atoms. The van der Waals surface area contributed by atoms with E-state index >= 15 is 0 Å². The summed E-state index contributed by atoms with van der Waals surface area (Å²) in [7, 11) is 0. The Morgan fingerprint density at radius 1 is 1.54 bits per heavy atom. The van der Waals surface area contributed by atoms with E-state index < -0.39 is 0 Å². The molecular weight excluding hydrogens is 188 g/mol. The first-order valence-electron chi connectivity index (χ1n) is 3.82. The Morgan fingerprint density at radius 3 is 3.00 bits per heavy atom. The summed E-state index contributed by atoms with van der Waals surface area (Å²) in [5, 5.41) is 8.14. The third-order valence-corrected chi connectivity index (χ3v) is 2.47. The number of fused-ring (bicyclic) bond motifs is 1. The number of halogens is 1. The highest BCUT2D eigenvalue weighted by Gasteiger charge is 2.08. The third kappa shape index (κ3) is 1.12. The fourth-order valence-electron chi connectivity index (χ4n) is 1.30. The van der Waals surface area contributed by atoms with E-state index in [0.29, 0.717) is 10.7 Å². The zero-order chi connectivity index (χ0) is 9.42. The Labute approximate surface area is 79.7 Å². The van der Waals surface area contributed by atoms with Gasteiger partial charge in [0.2, 0.25) is 0 Å². The average Bonchev–Trinajstić information content (AvgIpc) is 2.55. The van der Waals surface area contributed by atoms with Crippen LogP contribution in [0.4, 0.5) is 0 Å². The van der Waals surface area contributed by atoms with E-state index in [1.807, 2.05) is 6.92 Å². The maximum Gasteiger partial charge on any atom is 0.168 e. The predicted molar refractivity (Wildman–Crippen MR) is 51.2 cm³/mol. The number of hydrogen-bond acceptors (Lipinski definition) is 2. The molecule has 0 atom stereocenters. The van der Waals surface area contributed by atoms with E-state index in [1.54, 1.807) is 12.1 Å². The lowest BCUT2D eigenvalue weighted by Gasteiger charge is -1.96. The summed E-state index contributed by atoms with van der Waals surface area (Å²) in [5.41, 5.74) is 2.15. The van der Waals surface area contributed by atoms with Crippen molar-refractivity contribution in [2.45, 2.75) is 6.92 Å². The summed E-state index contributed by atoms with van der Waals surface area (Å²) >= 11 is 5.90. The highest BCUT2D eigenvalue weighted by molar-refractivity contribution is 6.32. The first kappa shape index (κ1) is 8.26. The van der Waals surface area contributed by atoms with E-state index in [4.69, 9.17) is 11.6 Å². The van der Waals surface area contributed by atoms with Crippen molar-refractivity contribution in [1.29, 1.82) is 0 Å². The molecule has 1 heterocycles. The number of H-pyrrole nitrogens is 1. The molecule has 0 aliphatic heterocycles. The zero-order valence-electron chi connectivity index (χ0n) is 6.97. The van der Waals surface area contributed by atoms with Crippen LogP contribution in [-0.4, -0.2) is 16.5 Å². The SMILES string of the molecule is Cc1c(Cl)ccc2c(C=O)[nH]nc12. The first-order valence-corrected chi connectivity index (χ1v) is 4.20. The predicted octanol–water partition coefficient (Wildman–Crippen LogP) is 2.34. The summed E-state index contributed by atoms with van der Waals surface area (Å²) in [6, 6.07) is 3.56. The van der Waals surface area contributed by atoms with Crippen LogP contribution in [0.25, 0.3) is 10.9 Å². The van der Waals surface area contributed by atoms with Gasteiger partial charge in [-0.05, 0) is 24.6 Å². The van der Waals surface area contributed by atoms with Crippen molar-refractivity contribution < 1.29 is 4.79 Å². The van der Waals surface area contributed by atoms with Gasteiger partial charge in [0.25, 0.3) is 0 Å². The lowest BCUT2D eigenvalue weighted by Crippen LogP contribution is -1.79. The molecule has 2 aromatic rings. The number of aldehydes is 1. The molecule has 3 nitrogen and oxygen atoms in total. The van der Waals surface area contributed by atoms with Crippen molar-refractivity contribution in [2.24, 2.45) is 0 Å². The molecule has 0 saturated carbocycles. The quantitative estimate of drug-likeness (QED) is 0.709. The largest absolute Gasteiger partial charge is 0.296 e. The van der Waals surface area contributed by atoms with Gasteiger partial charge in [0.1, 0.15) is 5.69 Å². The van der Waals surface area contributed by atoms with E-state index in [2.05, 4.69) is 10.2 Å². The number of nitrogens with one attached hydrogen (secondary N) is 1. The minimum Gasteiger partial charge on any atom is -0.296 e. The summed E-state index contributed by atoms with van der Waals surface area (Å²) < 4.78 is 0. The summed E-state index contributed by atoms with van der Waals surface area (Å²) in [4.78, 5) is 10.6. The molecule has 66 valence electrons. The Morgan fingerprint density at radius 2 is 2.31 bits per heavy atom. The second kappa shape index (κ2) is 2.85. The van der Waals surface area contributed by atoms with Gasteiger partial charge in [-0.25, -0.2) is 0 Å². The molecule has 0 radical (unpaired) electrons. The van der Waals surface area contributed by atoms with Crippen LogP contribution in [0.1, 0.15) is 16.1 Å². The molecule has 2 rings (SSSR count). The van der Waals surface area contributed by atoms with E-state index in [0.717, 1.165) is 22.8 Å². The summed E-state index contributed by atoms with van der Waals surface area (Å²) in [6.45, 7) is 1.88. The van der Waals surface area contributed by atoms with Gasteiger partial charge in [-0.15, -0.1) is 0 Å². The van der Waals surface area contributed by atoms with Crippen molar-refractivity contribution in [3.05, 3.63) is 28.4 Å². The van der Waals surface area contributed by atoms with Crippen LogP contribution < -0.4 is 0 Å². The van der Waals surface area contributed by atoms with Gasteiger partial charge >= 0.3 is 0 Å². The molecule has 4 heteroatoms. The highest BCUT2D eigenvalue weighted by atomic mass is 35.5. The number of hydrogen-bond donors (Lipinski definition) is 1. The second-order valence-electron chi connectivity index (χ2n) is 2.82. The molecule has 0 unspecified atom stereocenters. The maximum atomic E-state index is 10.6. The van der Waals surface area contributed by atoms with Gasteiger partial charge in [0.05, 0.1) is 5.52 Å². The molecule has 0 spiro atoms. The monoisotopic (exact) mass is 194 g/mol. The van der Waals surface area contributed by atoms with Gasteiger partial charge in [-0.1, -0.05) is 11.6 Å². The van der Waals surface area contributed by atoms with E-state index in [1.165, 1.54) is 0 Å². The van der Waals surface area contributed by atoms with Crippen molar-refractivity contribution in [3.8, 4) is 0 Å². The fraction of sp³-hybridized carbons (Fsp3) is 0.111. The molecule has 0 fully saturated rings. The van der Waals surface area contributed by atoms with Crippen molar-refractivity contribution >= 4 is 28.8 Å². The van der Waals surface area contributed by atoms with Gasteiger partial charge in [-0.3, -0.25) is 9.89 Å². The van der Waals surface area contributed by atoms with Crippen LogP contribution in [0.3, 0.4) is 0 Å². The van der Waals surface area contributed by atoms with E-state index in [-0.39, 0.29) is 0 Å². The number of aromatic amines is 1. The minimum atomic E-state index is 0.495. The highest BCUT2D eigenvalue weighted by Crippen LogP contribution is 2.24. The number of aryl methyl sites for hydroxylation is 1. The van der Waals surface area contributed by atoms with Crippen molar-refractivity contribution in [2.75, 3.05) is 0 Å². The molecule has 0 saturated heterocycles. The van der Waals surface area contributed by atoms with Crippen LogP contribution in [0.5, 0.6) is 0 Å². The molecule has 1 aromatic heterocycles. The summed E-state index contributed by atoms with van der Waals surface area (Å²) in [6.07, 6.45) is 0.753. The van der Waals surface area contributed by atoms with Gasteiger partial charge in [-0.2, -0.15) is 5.10 Å². The average molecular weight is 195 g/mol. The molecule has 1 N–H and O–H groups in total. The normalized spacial score (nSPS) is 10.6. The van der Waals surface area contributed by atoms with Crippen molar-refractivity contribution in [3.63, 3.8) is 0 Å². The maximum absolute atomic E-state index is 10.6. The molecule has 0 aliphatic carbocycles. The Kier molecular flexibility index (Phi) is 1.81. The number of nitrogens with zero attached hydrogens (tertiary/aromatic N) is 1. The molecule has 0 amide bonds. The van der Waals surface area contributed by atoms with Crippen LogP contribution in [-0.2, 0) is 0 Å². The zero-order valence-corrected chi connectivity index (χ0v) is 7.72. The van der Waals surface area contributed by atoms with Gasteiger partial charge in [0.15, 0.2) is 6.29 Å². The number of benzene rings is 1. The standard InChI is InChI=1S/C9H7ClN2O/c1-5-7(10)3-2-6-8(4-13)11-12-9(5)6/h2-4H,1H3,(H,11,12). The van der Waals surface area contributed by atoms with E-state index in [9.17, 15) is 4.79 Å². The van der Waals surface area contributed by atoms with Crippen LogP contribution in [0.15, 0.2) is 12.1 Å². The number of carbonyl (C=O) groups excluding carboxylic acids is 1. The molecule has 13 heavy (non-hydrogen) atoms. The Balaban J connectivity index is 2.88. The Bertz CT molecular complexity index is 476. The first-order chi connectivity index (χ1) is 6.24. The smallest absolute Gasteiger partial charge is 0.168 e. The summed E-state index contributed by atoms with van der Waals surface area (Å²) in [5.74, 6) is 0. The van der Waals surface area contributed by atoms with Crippen LogP contribution in [0, 0.1) is 6.92 Å². The second-order valence-corrected chi connectivity index (χ2v) is 3.23. The topological polar surface area (TPSA) is 45.8 Å². The van der Waals surface area contributed by atoms with Gasteiger partial charge < -0.3 is 0 Å². The Hall–Kier alpha value is -1.35. The molecular formula is C9H7ClN2O. The number of carbonyl (C=O) groups is 1. The van der Waals surface area contributed by atoms with Crippen LogP contribution in [0.2, 0.25) is 5.02 Å². The lowest BCUT2D eigenvalue weighted by atomic mass is 10.1. The molecule has 0 aliphatic rings. The fourth-order valence-corrected chi connectivity index (χ4v) is 1.46.